The molecule has 1 fully saturated rings. The van der Waals surface area contributed by atoms with Crippen LogP contribution in [0.3, 0.4) is 0 Å². The van der Waals surface area contributed by atoms with Gasteiger partial charge in [0.15, 0.2) is 0 Å². The molecule has 3 rings (SSSR count). The van der Waals surface area contributed by atoms with E-state index >= 15 is 0 Å². The van der Waals surface area contributed by atoms with Crippen molar-refractivity contribution in [3.63, 3.8) is 0 Å². The predicted molar refractivity (Wildman–Crippen MR) is 106 cm³/mol. The second-order valence-electron chi connectivity index (χ2n) is 6.77. The van der Waals surface area contributed by atoms with E-state index in [4.69, 9.17) is 0 Å². The summed E-state index contributed by atoms with van der Waals surface area (Å²) in [5, 5.41) is 9.29. The fourth-order valence-corrected chi connectivity index (χ4v) is 3.72. The molecule has 1 atom stereocenters. The molecule has 1 saturated heterocycles. The van der Waals surface area contributed by atoms with Gasteiger partial charge in [-0.05, 0) is 43.5 Å². The Morgan fingerprint density at radius 1 is 1.11 bits per heavy atom. The summed E-state index contributed by atoms with van der Waals surface area (Å²) in [6, 6.07) is 15.7. The Hall–Kier alpha value is -3.15. The number of carbonyl (C=O) groups excluding carboxylic acids is 2. The molecule has 0 aliphatic carbocycles. The molecule has 146 valence electrons. The summed E-state index contributed by atoms with van der Waals surface area (Å²) in [7, 11) is 0. The van der Waals surface area contributed by atoms with Gasteiger partial charge in [0.1, 0.15) is 6.04 Å². The topological polar surface area (TPSA) is 77.9 Å². The van der Waals surface area contributed by atoms with E-state index < -0.39 is 12.0 Å². The number of aryl methyl sites for hydroxylation is 1. The van der Waals surface area contributed by atoms with Gasteiger partial charge in [0, 0.05) is 25.2 Å². The summed E-state index contributed by atoms with van der Waals surface area (Å²) < 4.78 is 0. The Morgan fingerprint density at radius 3 is 2.46 bits per heavy atom. The highest BCUT2D eigenvalue weighted by molar-refractivity contribution is 6.01. The lowest BCUT2D eigenvalue weighted by Gasteiger charge is -2.27. The van der Waals surface area contributed by atoms with Gasteiger partial charge in [0.05, 0.1) is 5.56 Å². The molecule has 0 spiro atoms. The van der Waals surface area contributed by atoms with Gasteiger partial charge in [0.2, 0.25) is 11.8 Å². The fraction of sp³-hybridized carbons (Fsp3) is 0.318. The van der Waals surface area contributed by atoms with Gasteiger partial charge in [-0.15, -0.1) is 0 Å². The van der Waals surface area contributed by atoms with Crippen LogP contribution < -0.4 is 4.90 Å². The average molecular weight is 380 g/mol. The van der Waals surface area contributed by atoms with Crippen molar-refractivity contribution in [2.24, 2.45) is 0 Å². The molecule has 6 heteroatoms. The van der Waals surface area contributed by atoms with Crippen LogP contribution in [0.4, 0.5) is 5.69 Å². The average Bonchev–Trinajstić information content (AvgIpc) is 3.09. The second kappa shape index (κ2) is 8.69. The lowest BCUT2D eigenvalue weighted by Crippen LogP contribution is -2.45. The molecule has 1 N–H and O–H groups in total. The van der Waals surface area contributed by atoms with E-state index in [-0.39, 0.29) is 23.8 Å². The number of rotatable bonds is 7. The minimum Gasteiger partial charge on any atom is -0.478 e. The first kappa shape index (κ1) is 19.6. The van der Waals surface area contributed by atoms with E-state index in [1.54, 1.807) is 28.0 Å². The smallest absolute Gasteiger partial charge is 0.335 e. The van der Waals surface area contributed by atoms with E-state index in [0.29, 0.717) is 31.5 Å². The first-order valence-electron chi connectivity index (χ1n) is 9.50. The van der Waals surface area contributed by atoms with Crippen LogP contribution in [0.1, 0.15) is 35.7 Å². The third-order valence-corrected chi connectivity index (χ3v) is 5.14. The molecule has 28 heavy (non-hydrogen) atoms. The summed E-state index contributed by atoms with van der Waals surface area (Å²) >= 11 is 0. The zero-order chi connectivity index (χ0) is 20.1. The number of hydrogen-bond donors (Lipinski definition) is 1. The lowest BCUT2D eigenvalue weighted by molar-refractivity contribution is -0.138. The highest BCUT2D eigenvalue weighted by Crippen LogP contribution is 2.25. The maximum Gasteiger partial charge on any atom is 0.335 e. The van der Waals surface area contributed by atoms with Crippen molar-refractivity contribution in [2.75, 3.05) is 18.0 Å². The minimum absolute atomic E-state index is 0.0627. The maximum absolute atomic E-state index is 12.9. The largest absolute Gasteiger partial charge is 0.478 e. The standard InChI is InChI=1S/C22H24N2O4/c1-2-23(19-14-15-24(21(19)26)17-9-4-3-5-10-17)20(25)13-12-16-8-6-7-11-18(16)22(27)28/h3-11,19H,2,12-15H2,1H3,(H,27,28). The molecule has 0 aromatic heterocycles. The van der Waals surface area contributed by atoms with Crippen LogP contribution in [0.15, 0.2) is 54.6 Å². The monoisotopic (exact) mass is 380 g/mol. The zero-order valence-electron chi connectivity index (χ0n) is 15.9. The molecule has 1 unspecified atom stereocenters. The number of para-hydroxylation sites is 1. The van der Waals surface area contributed by atoms with E-state index in [1.165, 1.54) is 6.07 Å². The highest BCUT2D eigenvalue weighted by Gasteiger charge is 2.37. The van der Waals surface area contributed by atoms with E-state index in [1.807, 2.05) is 37.3 Å². The molecule has 2 aromatic carbocycles. The minimum atomic E-state index is -1.00. The van der Waals surface area contributed by atoms with Crippen LogP contribution in [0.2, 0.25) is 0 Å². The fourth-order valence-electron chi connectivity index (χ4n) is 3.72. The zero-order valence-corrected chi connectivity index (χ0v) is 15.9. The summed E-state index contributed by atoms with van der Waals surface area (Å²) in [4.78, 5) is 40.4. The Balaban J connectivity index is 1.67. The molecule has 6 nitrogen and oxygen atoms in total. The molecular weight excluding hydrogens is 356 g/mol. The summed E-state index contributed by atoms with van der Waals surface area (Å²) in [5.41, 5.74) is 1.68. The van der Waals surface area contributed by atoms with Crippen molar-refractivity contribution < 1.29 is 19.5 Å². The molecule has 1 aliphatic heterocycles. The number of amides is 2. The number of carbonyl (C=O) groups is 3. The van der Waals surface area contributed by atoms with E-state index in [0.717, 1.165) is 5.69 Å². The van der Waals surface area contributed by atoms with Gasteiger partial charge in [-0.1, -0.05) is 36.4 Å². The lowest BCUT2D eigenvalue weighted by atomic mass is 10.0. The molecular formula is C22H24N2O4. The van der Waals surface area contributed by atoms with Crippen LogP contribution in [-0.4, -0.2) is 46.9 Å². The van der Waals surface area contributed by atoms with Crippen molar-refractivity contribution in [3.8, 4) is 0 Å². The highest BCUT2D eigenvalue weighted by atomic mass is 16.4. The van der Waals surface area contributed by atoms with Gasteiger partial charge in [0.25, 0.3) is 0 Å². The van der Waals surface area contributed by atoms with Crippen LogP contribution >= 0.6 is 0 Å². The first-order valence-corrected chi connectivity index (χ1v) is 9.50. The number of hydrogen-bond acceptors (Lipinski definition) is 3. The van der Waals surface area contributed by atoms with Crippen LogP contribution in [0, 0.1) is 0 Å². The van der Waals surface area contributed by atoms with Crippen molar-refractivity contribution in [1.82, 2.24) is 4.90 Å². The number of benzene rings is 2. The summed E-state index contributed by atoms with van der Waals surface area (Å²) in [6.07, 6.45) is 1.10. The number of aromatic carboxylic acids is 1. The quantitative estimate of drug-likeness (QED) is 0.801. The van der Waals surface area contributed by atoms with Crippen LogP contribution in [-0.2, 0) is 16.0 Å². The molecule has 1 heterocycles. The Bertz CT molecular complexity index is 866. The van der Waals surface area contributed by atoms with Gasteiger partial charge in [-0.25, -0.2) is 4.79 Å². The number of carboxylic acid groups (broad SMARTS) is 1. The van der Waals surface area contributed by atoms with Crippen molar-refractivity contribution >= 4 is 23.5 Å². The number of carboxylic acids is 1. The van der Waals surface area contributed by atoms with E-state index in [2.05, 4.69) is 0 Å². The number of likely N-dealkylation sites (N-methyl/N-ethyl adjacent to an activating group) is 1. The van der Waals surface area contributed by atoms with Gasteiger partial charge < -0.3 is 14.9 Å². The van der Waals surface area contributed by atoms with Crippen molar-refractivity contribution in [1.29, 1.82) is 0 Å². The molecule has 2 amide bonds. The second-order valence-corrected chi connectivity index (χ2v) is 6.77. The van der Waals surface area contributed by atoms with Gasteiger partial charge in [-0.2, -0.15) is 0 Å². The van der Waals surface area contributed by atoms with Crippen LogP contribution in [0.5, 0.6) is 0 Å². The van der Waals surface area contributed by atoms with Gasteiger partial charge in [-0.3, -0.25) is 9.59 Å². The maximum atomic E-state index is 12.9. The SMILES string of the molecule is CCN(C(=O)CCc1ccccc1C(=O)O)C1CCN(c2ccccc2)C1=O. The van der Waals surface area contributed by atoms with Crippen LogP contribution in [0.25, 0.3) is 0 Å². The Morgan fingerprint density at radius 2 is 1.79 bits per heavy atom. The molecule has 0 bridgehead atoms. The summed E-state index contributed by atoms with van der Waals surface area (Å²) in [5.74, 6) is -1.19. The third kappa shape index (κ3) is 4.06. The molecule has 1 aliphatic rings. The van der Waals surface area contributed by atoms with E-state index in [9.17, 15) is 19.5 Å². The normalized spacial score (nSPS) is 16.2. The molecule has 2 aromatic rings. The molecule has 0 saturated carbocycles. The van der Waals surface area contributed by atoms with Gasteiger partial charge >= 0.3 is 5.97 Å². The number of anilines is 1. The first-order chi connectivity index (χ1) is 13.5. The third-order valence-electron chi connectivity index (χ3n) is 5.14. The van der Waals surface area contributed by atoms with Crippen molar-refractivity contribution in [2.45, 2.75) is 32.2 Å². The predicted octanol–water partition coefficient (Wildman–Crippen LogP) is 2.97. The van der Waals surface area contributed by atoms with Crippen molar-refractivity contribution in [3.05, 3.63) is 65.7 Å². The number of nitrogens with zero attached hydrogens (tertiary/aromatic N) is 2. The Labute approximate surface area is 164 Å². The summed E-state index contributed by atoms with van der Waals surface area (Å²) in [6.45, 7) is 2.89. The Kier molecular flexibility index (Phi) is 6.09. The molecule has 0 radical (unpaired) electrons.